The molecular weight excluding hydrogens is 518 g/mol. The molecule has 39 heavy (non-hydrogen) atoms. The lowest BCUT2D eigenvalue weighted by Crippen LogP contribution is -2.25. The van der Waals surface area contributed by atoms with Crippen LogP contribution in [0.5, 0.6) is 0 Å². The molecule has 0 atom stereocenters. The number of rotatable bonds is 8. The number of nitrogens with one attached hydrogen (secondary N) is 2. The Labute approximate surface area is 230 Å². The van der Waals surface area contributed by atoms with Crippen molar-refractivity contribution >= 4 is 29.1 Å². The fourth-order valence-electron chi connectivity index (χ4n) is 3.82. The van der Waals surface area contributed by atoms with Crippen LogP contribution in [0, 0.1) is 18.3 Å². The molecule has 0 aliphatic carbocycles. The van der Waals surface area contributed by atoms with E-state index in [1.54, 1.807) is 49.0 Å². The Kier molecular flexibility index (Phi) is 7.88. The summed E-state index contributed by atoms with van der Waals surface area (Å²) in [6, 6.07) is 9.95. The first-order valence-corrected chi connectivity index (χ1v) is 12.4. The number of nitrogens with zero attached hydrogens (tertiary/aromatic N) is 7. The summed E-state index contributed by atoms with van der Waals surface area (Å²) in [5, 5.41) is 28.1. The lowest BCUT2D eigenvalue weighted by molar-refractivity contribution is 0.0967. The number of hydrogen-bond acceptors (Lipinski definition) is 7. The van der Waals surface area contributed by atoms with Crippen molar-refractivity contribution in [1.29, 1.82) is 5.26 Å². The number of aryl methyl sites for hydroxylation is 1. The van der Waals surface area contributed by atoms with Crippen molar-refractivity contribution in [3.05, 3.63) is 93.8 Å². The van der Waals surface area contributed by atoms with Gasteiger partial charge < -0.3 is 10.6 Å². The summed E-state index contributed by atoms with van der Waals surface area (Å²) in [4.78, 5) is 30.9. The first kappa shape index (κ1) is 27.2. The molecule has 0 fully saturated rings. The second-order valence-corrected chi connectivity index (χ2v) is 9.66. The van der Waals surface area contributed by atoms with E-state index in [1.807, 2.05) is 26.1 Å². The highest BCUT2D eigenvalue weighted by atomic mass is 35.5. The minimum atomic E-state index is -0.561. The molecule has 0 aliphatic rings. The standard InChI is InChI=1S/C27H26ClN9O2/c1-15(2)22-14-36(35-33-22)13-19-11-23(37(34-19)25-21(28)7-6-8-30-25)27(39)32-24-17(5)9-18(12-29)10-20(24)26(38)31-16(3)4/h6-11,14-15H,3,13H2,1-2,4-5H3,(H,31,38)(H,32,39). The molecule has 2 amide bonds. The molecule has 0 unspecified atom stereocenters. The summed E-state index contributed by atoms with van der Waals surface area (Å²) < 4.78 is 2.98. The van der Waals surface area contributed by atoms with Crippen LogP contribution >= 0.6 is 11.6 Å². The second-order valence-electron chi connectivity index (χ2n) is 9.25. The number of amides is 2. The Morgan fingerprint density at radius 3 is 2.64 bits per heavy atom. The van der Waals surface area contributed by atoms with Crippen LogP contribution in [0.4, 0.5) is 5.69 Å². The van der Waals surface area contributed by atoms with Gasteiger partial charge in [-0.05, 0) is 55.7 Å². The van der Waals surface area contributed by atoms with Gasteiger partial charge in [0.1, 0.15) is 5.69 Å². The zero-order valence-electron chi connectivity index (χ0n) is 21.9. The summed E-state index contributed by atoms with van der Waals surface area (Å²) >= 11 is 6.40. The maximum atomic E-state index is 13.7. The van der Waals surface area contributed by atoms with Crippen molar-refractivity contribution in [3.63, 3.8) is 0 Å². The van der Waals surface area contributed by atoms with Crippen LogP contribution in [-0.2, 0) is 6.54 Å². The summed E-state index contributed by atoms with van der Waals surface area (Å²) in [6.07, 6.45) is 3.37. The van der Waals surface area contributed by atoms with Crippen LogP contribution in [-0.4, -0.2) is 41.6 Å². The van der Waals surface area contributed by atoms with Gasteiger partial charge in [0.15, 0.2) is 5.82 Å². The van der Waals surface area contributed by atoms with E-state index in [0.717, 1.165) is 5.69 Å². The molecule has 2 N–H and O–H groups in total. The molecule has 0 aliphatic heterocycles. The molecular formula is C27H26ClN9O2. The van der Waals surface area contributed by atoms with Crippen LogP contribution in [0.3, 0.4) is 0 Å². The SMILES string of the molecule is C=C(C)NC(=O)c1cc(C#N)cc(C)c1NC(=O)c1cc(Cn2cc(C(C)C)nn2)nn1-c1ncccc1Cl. The van der Waals surface area contributed by atoms with Gasteiger partial charge in [-0.25, -0.2) is 14.3 Å². The van der Waals surface area contributed by atoms with Gasteiger partial charge in [-0.1, -0.05) is 37.2 Å². The van der Waals surface area contributed by atoms with Crippen LogP contribution < -0.4 is 10.6 Å². The van der Waals surface area contributed by atoms with E-state index in [4.69, 9.17) is 11.6 Å². The molecule has 0 spiro atoms. The van der Waals surface area contributed by atoms with Crippen LogP contribution in [0.15, 0.2) is 55.0 Å². The van der Waals surface area contributed by atoms with E-state index in [-0.39, 0.29) is 40.8 Å². The van der Waals surface area contributed by atoms with Crippen LogP contribution in [0.2, 0.25) is 5.02 Å². The molecule has 198 valence electrons. The van der Waals surface area contributed by atoms with Gasteiger partial charge in [-0.3, -0.25) is 9.59 Å². The topological polar surface area (TPSA) is 143 Å². The monoisotopic (exact) mass is 543 g/mol. The van der Waals surface area contributed by atoms with Crippen molar-refractivity contribution in [2.24, 2.45) is 0 Å². The molecule has 1 aromatic carbocycles. The third kappa shape index (κ3) is 6.02. The maximum absolute atomic E-state index is 13.7. The van der Waals surface area contributed by atoms with Gasteiger partial charge in [0.25, 0.3) is 11.8 Å². The van der Waals surface area contributed by atoms with Gasteiger partial charge in [0, 0.05) is 18.1 Å². The number of benzene rings is 1. The highest BCUT2D eigenvalue weighted by molar-refractivity contribution is 6.32. The van der Waals surface area contributed by atoms with E-state index in [2.05, 4.69) is 37.6 Å². The Bertz CT molecular complexity index is 1630. The molecule has 11 nitrogen and oxygen atoms in total. The minimum Gasteiger partial charge on any atom is -0.327 e. The highest BCUT2D eigenvalue weighted by Crippen LogP contribution is 2.26. The number of carbonyl (C=O) groups is 2. The first-order chi connectivity index (χ1) is 18.6. The normalized spacial score (nSPS) is 10.8. The number of pyridine rings is 1. The largest absolute Gasteiger partial charge is 0.327 e. The predicted molar refractivity (Wildman–Crippen MR) is 146 cm³/mol. The number of aromatic nitrogens is 6. The molecule has 0 saturated heterocycles. The van der Waals surface area contributed by atoms with Crippen LogP contribution in [0.1, 0.15) is 70.1 Å². The summed E-state index contributed by atoms with van der Waals surface area (Å²) in [5.74, 6) is -0.605. The summed E-state index contributed by atoms with van der Waals surface area (Å²) in [6.45, 7) is 11.3. The number of allylic oxidation sites excluding steroid dienone is 1. The first-order valence-electron chi connectivity index (χ1n) is 12.0. The van der Waals surface area contributed by atoms with E-state index < -0.39 is 11.8 Å². The molecule has 4 rings (SSSR count). The van der Waals surface area contributed by atoms with Gasteiger partial charge in [0.2, 0.25) is 0 Å². The van der Waals surface area contributed by atoms with Crippen molar-refractivity contribution in [2.45, 2.75) is 40.2 Å². The zero-order valence-corrected chi connectivity index (χ0v) is 22.6. The molecule has 3 aromatic heterocycles. The number of halogens is 1. The van der Waals surface area contributed by atoms with E-state index >= 15 is 0 Å². The molecule has 3 heterocycles. The zero-order chi connectivity index (χ0) is 28.3. The van der Waals surface area contributed by atoms with Gasteiger partial charge >= 0.3 is 0 Å². The summed E-state index contributed by atoms with van der Waals surface area (Å²) in [5.41, 5.74) is 3.06. The van der Waals surface area contributed by atoms with Gasteiger partial charge in [-0.2, -0.15) is 10.4 Å². The van der Waals surface area contributed by atoms with E-state index in [1.165, 1.54) is 10.7 Å². The predicted octanol–water partition coefficient (Wildman–Crippen LogP) is 4.38. The lowest BCUT2D eigenvalue weighted by atomic mass is 10.0. The Hall–Kier alpha value is -4.82. The fraction of sp³-hybridized carbons (Fsp3) is 0.222. The van der Waals surface area contributed by atoms with E-state index in [0.29, 0.717) is 22.0 Å². The Balaban J connectivity index is 1.76. The average molecular weight is 544 g/mol. The third-order valence-electron chi connectivity index (χ3n) is 5.68. The average Bonchev–Trinajstić information content (AvgIpc) is 3.52. The molecule has 0 saturated carbocycles. The van der Waals surface area contributed by atoms with Crippen molar-refractivity contribution in [1.82, 2.24) is 35.1 Å². The van der Waals surface area contributed by atoms with Crippen molar-refractivity contribution < 1.29 is 9.59 Å². The lowest BCUT2D eigenvalue weighted by Gasteiger charge is -2.15. The van der Waals surface area contributed by atoms with Gasteiger partial charge in [0.05, 0.1) is 45.8 Å². The smallest absolute Gasteiger partial charge is 0.274 e. The highest BCUT2D eigenvalue weighted by Gasteiger charge is 2.23. The molecule has 0 radical (unpaired) electrons. The number of carbonyl (C=O) groups excluding carboxylic acids is 2. The Morgan fingerprint density at radius 2 is 2.00 bits per heavy atom. The summed E-state index contributed by atoms with van der Waals surface area (Å²) in [7, 11) is 0. The van der Waals surface area contributed by atoms with Crippen LogP contribution in [0.25, 0.3) is 5.82 Å². The van der Waals surface area contributed by atoms with Gasteiger partial charge in [-0.15, -0.1) is 5.10 Å². The van der Waals surface area contributed by atoms with Crippen molar-refractivity contribution in [2.75, 3.05) is 5.32 Å². The molecule has 12 heteroatoms. The van der Waals surface area contributed by atoms with Crippen molar-refractivity contribution in [3.8, 4) is 11.9 Å². The fourth-order valence-corrected chi connectivity index (χ4v) is 4.02. The number of nitriles is 1. The number of hydrogen-bond donors (Lipinski definition) is 2. The Morgan fingerprint density at radius 1 is 1.23 bits per heavy atom. The maximum Gasteiger partial charge on any atom is 0.274 e. The second kappa shape index (κ2) is 11.3. The molecule has 0 bridgehead atoms. The minimum absolute atomic E-state index is 0.119. The number of anilines is 1. The quantitative estimate of drug-likeness (QED) is 0.335. The molecule has 4 aromatic rings. The third-order valence-corrected chi connectivity index (χ3v) is 5.97. The van der Waals surface area contributed by atoms with E-state index in [9.17, 15) is 14.9 Å².